The van der Waals surface area contributed by atoms with Gasteiger partial charge in [0.25, 0.3) is 5.91 Å². The van der Waals surface area contributed by atoms with Crippen molar-refractivity contribution < 1.29 is 14.3 Å². The van der Waals surface area contributed by atoms with Crippen molar-refractivity contribution in [2.75, 3.05) is 13.1 Å². The largest absolute Gasteiger partial charge is 0.479 e. The van der Waals surface area contributed by atoms with Crippen molar-refractivity contribution in [2.24, 2.45) is 0 Å². The highest BCUT2D eigenvalue weighted by Crippen LogP contribution is 2.32. The summed E-state index contributed by atoms with van der Waals surface area (Å²) in [5.74, 6) is 0.349. The van der Waals surface area contributed by atoms with E-state index in [0.717, 1.165) is 24.8 Å². The van der Waals surface area contributed by atoms with E-state index in [1.54, 1.807) is 30.0 Å². The fourth-order valence-corrected chi connectivity index (χ4v) is 3.86. The van der Waals surface area contributed by atoms with E-state index in [-0.39, 0.29) is 17.9 Å². The first-order chi connectivity index (χ1) is 14.4. The number of halogens is 2. The Labute approximate surface area is 187 Å². The molecule has 1 unspecified atom stereocenters. The molecule has 7 heteroatoms. The Bertz CT molecular complexity index is 868. The summed E-state index contributed by atoms with van der Waals surface area (Å²) in [7, 11) is 0. The SMILES string of the molecule is CC(Oc1cccc(Cl)c1Cl)C(=O)N1CCC(NC(=O)CCc2ccccc2)CC1. The molecule has 1 atom stereocenters. The molecule has 1 fully saturated rings. The third-order valence-corrected chi connectivity index (χ3v) is 6.02. The fraction of sp³-hybridized carbons (Fsp3) is 0.391. The maximum Gasteiger partial charge on any atom is 0.263 e. The Morgan fingerprint density at radius 2 is 1.80 bits per heavy atom. The van der Waals surface area contributed by atoms with E-state index in [1.165, 1.54) is 0 Å². The number of piperidine rings is 1. The lowest BCUT2D eigenvalue weighted by Crippen LogP contribution is -2.49. The zero-order valence-electron chi connectivity index (χ0n) is 16.9. The van der Waals surface area contributed by atoms with Gasteiger partial charge in [-0.25, -0.2) is 0 Å². The molecule has 3 rings (SSSR count). The summed E-state index contributed by atoms with van der Waals surface area (Å²) in [6, 6.07) is 15.2. The van der Waals surface area contributed by atoms with Crippen LogP contribution in [0, 0.1) is 0 Å². The second-order valence-corrected chi connectivity index (χ2v) is 8.25. The predicted molar refractivity (Wildman–Crippen MR) is 119 cm³/mol. The van der Waals surface area contributed by atoms with Crippen LogP contribution >= 0.6 is 23.2 Å². The van der Waals surface area contributed by atoms with E-state index in [2.05, 4.69) is 5.32 Å². The zero-order valence-corrected chi connectivity index (χ0v) is 18.5. The van der Waals surface area contributed by atoms with Crippen molar-refractivity contribution in [1.29, 1.82) is 0 Å². The molecular formula is C23H26Cl2N2O3. The van der Waals surface area contributed by atoms with Crippen LogP contribution < -0.4 is 10.1 Å². The number of hydrogen-bond donors (Lipinski definition) is 1. The molecule has 160 valence electrons. The average Bonchev–Trinajstić information content (AvgIpc) is 2.76. The highest BCUT2D eigenvalue weighted by molar-refractivity contribution is 6.42. The van der Waals surface area contributed by atoms with E-state index in [4.69, 9.17) is 27.9 Å². The molecule has 2 aromatic rings. The number of hydrogen-bond acceptors (Lipinski definition) is 3. The Kier molecular flexibility index (Phi) is 8.00. The molecule has 0 spiro atoms. The molecule has 0 bridgehead atoms. The molecule has 1 heterocycles. The molecule has 0 aliphatic carbocycles. The third-order valence-electron chi connectivity index (χ3n) is 5.22. The van der Waals surface area contributed by atoms with Gasteiger partial charge in [0.15, 0.2) is 6.10 Å². The van der Waals surface area contributed by atoms with Gasteiger partial charge in [-0.1, -0.05) is 59.6 Å². The van der Waals surface area contributed by atoms with E-state index in [9.17, 15) is 9.59 Å². The van der Waals surface area contributed by atoms with Crippen LogP contribution in [0.2, 0.25) is 10.0 Å². The Morgan fingerprint density at radius 1 is 1.10 bits per heavy atom. The standard InChI is InChI=1S/C23H26Cl2N2O3/c1-16(30-20-9-5-8-19(24)22(20)25)23(29)27-14-12-18(13-15-27)26-21(28)11-10-17-6-3-2-4-7-17/h2-9,16,18H,10-15H2,1H3,(H,26,28). The second kappa shape index (κ2) is 10.7. The molecule has 2 aromatic carbocycles. The minimum atomic E-state index is -0.669. The lowest BCUT2D eigenvalue weighted by molar-refractivity contribution is -0.139. The van der Waals surface area contributed by atoms with E-state index in [1.807, 2.05) is 30.3 Å². The van der Waals surface area contributed by atoms with Gasteiger partial charge in [0.2, 0.25) is 5.91 Å². The van der Waals surface area contributed by atoms with Crippen molar-refractivity contribution >= 4 is 35.0 Å². The highest BCUT2D eigenvalue weighted by atomic mass is 35.5. The number of nitrogens with zero attached hydrogens (tertiary/aromatic N) is 1. The topological polar surface area (TPSA) is 58.6 Å². The van der Waals surface area contributed by atoms with Crippen molar-refractivity contribution in [3.63, 3.8) is 0 Å². The first-order valence-corrected chi connectivity index (χ1v) is 10.9. The smallest absolute Gasteiger partial charge is 0.263 e. The molecular weight excluding hydrogens is 423 g/mol. The van der Waals surface area contributed by atoms with Crippen LogP contribution in [0.25, 0.3) is 0 Å². The number of carbonyl (C=O) groups is 2. The molecule has 0 saturated carbocycles. The van der Waals surface area contributed by atoms with Crippen LogP contribution in [0.4, 0.5) is 0 Å². The van der Waals surface area contributed by atoms with E-state index in [0.29, 0.717) is 35.3 Å². The van der Waals surface area contributed by atoms with Gasteiger partial charge < -0.3 is 15.0 Å². The summed E-state index contributed by atoms with van der Waals surface area (Å²) >= 11 is 12.1. The summed E-state index contributed by atoms with van der Waals surface area (Å²) in [6.45, 7) is 2.87. The monoisotopic (exact) mass is 448 g/mol. The highest BCUT2D eigenvalue weighted by Gasteiger charge is 2.28. The van der Waals surface area contributed by atoms with E-state index < -0.39 is 6.10 Å². The second-order valence-electron chi connectivity index (χ2n) is 7.46. The van der Waals surface area contributed by atoms with Crippen LogP contribution in [0.1, 0.15) is 31.7 Å². The summed E-state index contributed by atoms with van der Waals surface area (Å²) < 4.78 is 5.73. The van der Waals surface area contributed by atoms with E-state index >= 15 is 0 Å². The number of rotatable bonds is 7. The number of likely N-dealkylation sites (tertiary alicyclic amines) is 1. The lowest BCUT2D eigenvalue weighted by Gasteiger charge is -2.34. The number of aryl methyl sites for hydroxylation is 1. The molecule has 0 aromatic heterocycles. The molecule has 0 radical (unpaired) electrons. The quantitative estimate of drug-likeness (QED) is 0.677. The Hall–Kier alpha value is -2.24. The number of nitrogens with one attached hydrogen (secondary N) is 1. The minimum absolute atomic E-state index is 0.0518. The van der Waals surface area contributed by atoms with Gasteiger partial charge in [-0.15, -0.1) is 0 Å². The zero-order chi connectivity index (χ0) is 21.5. The van der Waals surface area contributed by atoms with Gasteiger partial charge >= 0.3 is 0 Å². The summed E-state index contributed by atoms with van der Waals surface area (Å²) in [5.41, 5.74) is 1.15. The molecule has 1 aliphatic rings. The van der Waals surface area contributed by atoms with Crippen molar-refractivity contribution in [2.45, 2.75) is 44.8 Å². The molecule has 1 N–H and O–H groups in total. The van der Waals surface area contributed by atoms with Crippen LogP contribution in [0.15, 0.2) is 48.5 Å². The first kappa shape index (κ1) is 22.4. The molecule has 1 aliphatic heterocycles. The number of amides is 2. The van der Waals surface area contributed by atoms with Gasteiger partial charge in [-0.05, 0) is 43.9 Å². The van der Waals surface area contributed by atoms with Crippen LogP contribution in [-0.2, 0) is 16.0 Å². The molecule has 5 nitrogen and oxygen atoms in total. The van der Waals surface area contributed by atoms with Crippen molar-refractivity contribution in [3.05, 3.63) is 64.1 Å². The number of carbonyl (C=O) groups excluding carboxylic acids is 2. The average molecular weight is 449 g/mol. The van der Waals surface area contributed by atoms with Crippen LogP contribution in [0.3, 0.4) is 0 Å². The normalized spacial score (nSPS) is 15.5. The Morgan fingerprint density at radius 3 is 2.50 bits per heavy atom. The molecule has 30 heavy (non-hydrogen) atoms. The maximum atomic E-state index is 12.7. The third kappa shape index (κ3) is 6.13. The summed E-state index contributed by atoms with van der Waals surface area (Å²) in [5, 5.41) is 3.78. The van der Waals surface area contributed by atoms with Crippen molar-refractivity contribution in [1.82, 2.24) is 10.2 Å². The van der Waals surface area contributed by atoms with Gasteiger partial charge in [0, 0.05) is 25.6 Å². The first-order valence-electron chi connectivity index (χ1n) is 10.2. The van der Waals surface area contributed by atoms with Crippen LogP contribution in [0.5, 0.6) is 5.75 Å². The maximum absolute atomic E-state index is 12.7. The number of ether oxygens (including phenoxy) is 1. The lowest BCUT2D eigenvalue weighted by atomic mass is 10.0. The van der Waals surface area contributed by atoms with Gasteiger partial charge in [-0.2, -0.15) is 0 Å². The predicted octanol–water partition coefficient (Wildman–Crippen LogP) is 4.50. The molecule has 1 saturated heterocycles. The van der Waals surface area contributed by atoms with Crippen molar-refractivity contribution in [3.8, 4) is 5.75 Å². The van der Waals surface area contributed by atoms with Gasteiger partial charge in [0.05, 0.1) is 5.02 Å². The van der Waals surface area contributed by atoms with Crippen LogP contribution in [-0.4, -0.2) is 41.9 Å². The molecule has 2 amide bonds. The summed E-state index contributed by atoms with van der Waals surface area (Å²) in [6.07, 6.45) is 1.98. The minimum Gasteiger partial charge on any atom is -0.479 e. The fourth-order valence-electron chi connectivity index (χ4n) is 3.52. The van der Waals surface area contributed by atoms with Gasteiger partial charge in [0.1, 0.15) is 10.8 Å². The van der Waals surface area contributed by atoms with Gasteiger partial charge in [-0.3, -0.25) is 9.59 Å². The summed E-state index contributed by atoms with van der Waals surface area (Å²) in [4.78, 5) is 26.7. The Balaban J connectivity index is 1.42. The number of benzene rings is 2.